The number of carbonyl (C=O) groups excluding carboxylic acids is 1. The molecule has 0 bridgehead atoms. The third kappa shape index (κ3) is 4.54. The zero-order valence-electron chi connectivity index (χ0n) is 17.3. The average molecular weight is 437 g/mol. The van der Waals surface area contributed by atoms with Crippen LogP contribution in [0.3, 0.4) is 0 Å². The molecule has 0 aromatic heterocycles. The summed E-state index contributed by atoms with van der Waals surface area (Å²) in [5.74, 6) is -1.97. The Kier molecular flexibility index (Phi) is 6.57. The van der Waals surface area contributed by atoms with Crippen LogP contribution in [0.2, 0.25) is 0 Å². The summed E-state index contributed by atoms with van der Waals surface area (Å²) in [6.07, 6.45) is 2.61. The summed E-state index contributed by atoms with van der Waals surface area (Å²) in [6.45, 7) is 5.63. The fourth-order valence-electron chi connectivity index (χ4n) is 3.78. The van der Waals surface area contributed by atoms with E-state index >= 15 is 0 Å². The number of aryl methyl sites for hydroxylation is 1. The normalized spacial score (nSPS) is 18.8. The van der Waals surface area contributed by atoms with Gasteiger partial charge in [0.15, 0.2) is 0 Å². The molecule has 162 valence electrons. The molecule has 0 spiro atoms. The highest BCUT2D eigenvalue weighted by atomic mass is 32.2. The number of nitrogens with zero attached hydrogens (tertiary/aromatic N) is 1. The lowest BCUT2D eigenvalue weighted by Crippen LogP contribution is -2.42. The van der Waals surface area contributed by atoms with Crippen LogP contribution in [0, 0.1) is 18.6 Å². The molecule has 2 aromatic rings. The molecule has 0 saturated carbocycles. The standard InChI is InChI=1S/C22H26F2N2O3S/c1-14-7-9-18(30(28,29)26-11-5-4-6-15(26)2)13-20(14)22(27)25-16(3)19-10-8-17(23)12-21(19)24/h7-10,12-13,15-16H,4-6,11H2,1-3H3,(H,25,27). The van der Waals surface area contributed by atoms with Crippen molar-refractivity contribution in [3.63, 3.8) is 0 Å². The minimum absolute atomic E-state index is 0.0626. The third-order valence-corrected chi connectivity index (χ3v) is 7.59. The Hall–Kier alpha value is -2.32. The van der Waals surface area contributed by atoms with Gasteiger partial charge >= 0.3 is 0 Å². The first-order valence-electron chi connectivity index (χ1n) is 9.99. The maximum absolute atomic E-state index is 14.0. The minimum atomic E-state index is -3.72. The Morgan fingerprint density at radius 1 is 1.17 bits per heavy atom. The van der Waals surface area contributed by atoms with Crippen molar-refractivity contribution in [1.29, 1.82) is 0 Å². The Morgan fingerprint density at radius 2 is 1.90 bits per heavy atom. The van der Waals surface area contributed by atoms with Gasteiger partial charge in [0.25, 0.3) is 5.91 Å². The summed E-state index contributed by atoms with van der Waals surface area (Å²) in [4.78, 5) is 12.9. The number of nitrogens with one attached hydrogen (secondary N) is 1. The smallest absolute Gasteiger partial charge is 0.252 e. The predicted molar refractivity (Wildman–Crippen MR) is 111 cm³/mol. The molecule has 1 amide bonds. The van der Waals surface area contributed by atoms with Crippen molar-refractivity contribution in [2.75, 3.05) is 6.54 Å². The number of hydrogen-bond donors (Lipinski definition) is 1. The van der Waals surface area contributed by atoms with Crippen LogP contribution in [0.15, 0.2) is 41.3 Å². The number of halogens is 2. The van der Waals surface area contributed by atoms with E-state index in [1.54, 1.807) is 19.9 Å². The molecule has 3 rings (SSSR count). The topological polar surface area (TPSA) is 66.5 Å². The zero-order valence-corrected chi connectivity index (χ0v) is 18.1. The van der Waals surface area contributed by atoms with Crippen LogP contribution in [0.1, 0.15) is 60.6 Å². The molecule has 2 atom stereocenters. The summed E-state index contributed by atoms with van der Waals surface area (Å²) < 4.78 is 54.9. The van der Waals surface area contributed by atoms with Crippen molar-refractivity contribution in [1.82, 2.24) is 9.62 Å². The van der Waals surface area contributed by atoms with Gasteiger partial charge in [-0.05, 0) is 57.4 Å². The minimum Gasteiger partial charge on any atom is -0.345 e. The number of hydrogen-bond acceptors (Lipinski definition) is 3. The van der Waals surface area contributed by atoms with E-state index in [1.807, 2.05) is 6.92 Å². The van der Waals surface area contributed by atoms with Gasteiger partial charge in [-0.15, -0.1) is 0 Å². The molecule has 8 heteroatoms. The van der Waals surface area contributed by atoms with Gasteiger partial charge in [-0.25, -0.2) is 17.2 Å². The van der Waals surface area contributed by atoms with Crippen molar-refractivity contribution in [3.8, 4) is 0 Å². The van der Waals surface area contributed by atoms with Crippen molar-refractivity contribution >= 4 is 15.9 Å². The number of rotatable bonds is 5. The Morgan fingerprint density at radius 3 is 2.57 bits per heavy atom. The van der Waals surface area contributed by atoms with E-state index in [0.29, 0.717) is 12.1 Å². The Bertz CT molecular complexity index is 1060. The largest absolute Gasteiger partial charge is 0.345 e. The number of benzene rings is 2. The van der Waals surface area contributed by atoms with E-state index in [2.05, 4.69) is 5.32 Å². The molecular formula is C22H26F2N2O3S. The first-order valence-corrected chi connectivity index (χ1v) is 11.4. The van der Waals surface area contributed by atoms with Crippen LogP contribution >= 0.6 is 0 Å². The molecule has 2 unspecified atom stereocenters. The van der Waals surface area contributed by atoms with Gasteiger partial charge in [0, 0.05) is 29.8 Å². The van der Waals surface area contributed by atoms with Crippen LogP contribution in [0.25, 0.3) is 0 Å². The van der Waals surface area contributed by atoms with E-state index < -0.39 is 33.6 Å². The molecule has 5 nitrogen and oxygen atoms in total. The maximum atomic E-state index is 14.0. The highest BCUT2D eigenvalue weighted by Gasteiger charge is 2.31. The molecule has 1 aliphatic heterocycles. The van der Waals surface area contributed by atoms with Crippen molar-refractivity contribution < 1.29 is 22.0 Å². The molecule has 1 fully saturated rings. The van der Waals surface area contributed by atoms with E-state index in [0.717, 1.165) is 31.4 Å². The maximum Gasteiger partial charge on any atom is 0.252 e. The molecule has 2 aromatic carbocycles. The first-order chi connectivity index (χ1) is 14.1. The van der Waals surface area contributed by atoms with Gasteiger partial charge in [-0.1, -0.05) is 18.6 Å². The summed E-state index contributed by atoms with van der Waals surface area (Å²) >= 11 is 0. The first kappa shape index (κ1) is 22.4. The van der Waals surface area contributed by atoms with Gasteiger partial charge in [-0.3, -0.25) is 4.79 Å². The second-order valence-corrected chi connectivity index (χ2v) is 9.69. The van der Waals surface area contributed by atoms with Gasteiger partial charge in [0.2, 0.25) is 10.0 Å². The molecule has 30 heavy (non-hydrogen) atoms. The summed E-state index contributed by atoms with van der Waals surface area (Å²) in [7, 11) is -3.72. The molecule has 1 aliphatic rings. The Labute approximate surface area is 176 Å². The summed E-state index contributed by atoms with van der Waals surface area (Å²) in [6, 6.07) is 6.82. The van der Waals surface area contributed by atoms with E-state index in [-0.39, 0.29) is 22.1 Å². The van der Waals surface area contributed by atoms with E-state index in [9.17, 15) is 22.0 Å². The monoisotopic (exact) mass is 436 g/mol. The number of amides is 1. The van der Waals surface area contributed by atoms with E-state index in [4.69, 9.17) is 0 Å². The molecule has 1 heterocycles. The highest BCUT2D eigenvalue weighted by molar-refractivity contribution is 7.89. The summed E-state index contributed by atoms with van der Waals surface area (Å²) in [5.41, 5.74) is 0.952. The van der Waals surface area contributed by atoms with Crippen LogP contribution in [-0.2, 0) is 10.0 Å². The van der Waals surface area contributed by atoms with Gasteiger partial charge in [-0.2, -0.15) is 4.31 Å². The van der Waals surface area contributed by atoms with Crippen molar-refractivity contribution in [2.45, 2.75) is 57.0 Å². The Balaban J connectivity index is 1.86. The molecular weight excluding hydrogens is 410 g/mol. The lowest BCUT2D eigenvalue weighted by molar-refractivity contribution is 0.0938. The van der Waals surface area contributed by atoms with Gasteiger partial charge in [0.05, 0.1) is 10.9 Å². The fraction of sp³-hybridized carbons (Fsp3) is 0.409. The third-order valence-electron chi connectivity index (χ3n) is 5.58. The molecule has 0 aliphatic carbocycles. The van der Waals surface area contributed by atoms with Crippen LogP contribution < -0.4 is 5.32 Å². The lowest BCUT2D eigenvalue weighted by Gasteiger charge is -2.32. The zero-order chi connectivity index (χ0) is 22.1. The van der Waals surface area contributed by atoms with Gasteiger partial charge < -0.3 is 5.32 Å². The quantitative estimate of drug-likeness (QED) is 0.759. The van der Waals surface area contributed by atoms with Crippen LogP contribution in [0.4, 0.5) is 8.78 Å². The number of carbonyl (C=O) groups is 1. The number of piperidine rings is 1. The number of sulfonamides is 1. The van der Waals surface area contributed by atoms with Crippen molar-refractivity contribution in [3.05, 3.63) is 64.7 Å². The van der Waals surface area contributed by atoms with Crippen LogP contribution in [0.5, 0.6) is 0 Å². The summed E-state index contributed by atoms with van der Waals surface area (Å²) in [5, 5.41) is 2.67. The lowest BCUT2D eigenvalue weighted by atomic mass is 10.1. The predicted octanol–water partition coefficient (Wildman–Crippen LogP) is 4.33. The van der Waals surface area contributed by atoms with E-state index in [1.165, 1.54) is 22.5 Å². The van der Waals surface area contributed by atoms with Crippen molar-refractivity contribution in [2.24, 2.45) is 0 Å². The SMILES string of the molecule is Cc1ccc(S(=O)(=O)N2CCCCC2C)cc1C(=O)NC(C)c1ccc(F)cc1F. The highest BCUT2D eigenvalue weighted by Crippen LogP contribution is 2.27. The van der Waals surface area contributed by atoms with Gasteiger partial charge in [0.1, 0.15) is 11.6 Å². The average Bonchev–Trinajstić information content (AvgIpc) is 2.68. The molecule has 0 radical (unpaired) electrons. The second kappa shape index (κ2) is 8.81. The molecule has 1 saturated heterocycles. The van der Waals surface area contributed by atoms with Crippen LogP contribution in [-0.4, -0.2) is 31.2 Å². The second-order valence-electron chi connectivity index (χ2n) is 7.80. The molecule has 1 N–H and O–H groups in total. The fourth-order valence-corrected chi connectivity index (χ4v) is 5.50.